The van der Waals surface area contributed by atoms with Gasteiger partial charge in [-0.05, 0) is 37.0 Å². The number of nitrogens with one attached hydrogen (secondary N) is 1. The molecule has 3 amide bonds. The number of urea groups is 1. The smallest absolute Gasteiger partial charge is 0.321 e. The Hall–Kier alpha value is -2.12. The summed E-state index contributed by atoms with van der Waals surface area (Å²) in [6.45, 7) is 7.07. The minimum Gasteiger partial charge on any atom is -0.383 e. The van der Waals surface area contributed by atoms with Crippen LogP contribution < -0.4 is 5.32 Å². The molecule has 7 heteroatoms. The van der Waals surface area contributed by atoms with Gasteiger partial charge in [-0.2, -0.15) is 0 Å². The maximum atomic E-state index is 12.7. The molecule has 0 spiro atoms. The van der Waals surface area contributed by atoms with Crippen molar-refractivity contribution >= 4 is 17.6 Å². The third-order valence-electron chi connectivity index (χ3n) is 5.71. The molecule has 2 heterocycles. The Morgan fingerprint density at radius 2 is 1.93 bits per heavy atom. The van der Waals surface area contributed by atoms with Crippen molar-refractivity contribution in [3.8, 4) is 0 Å². The highest BCUT2D eigenvalue weighted by Gasteiger charge is 2.36. The van der Waals surface area contributed by atoms with Crippen molar-refractivity contribution in [2.45, 2.75) is 32.2 Å². The number of rotatable bonds is 6. The van der Waals surface area contributed by atoms with Crippen LogP contribution in [0.2, 0.25) is 0 Å². The first kappa shape index (κ1) is 20.6. The molecule has 1 aromatic rings. The van der Waals surface area contributed by atoms with Crippen molar-refractivity contribution in [3.63, 3.8) is 0 Å². The zero-order valence-electron chi connectivity index (χ0n) is 17.0. The summed E-state index contributed by atoms with van der Waals surface area (Å²) in [5.41, 5.74) is 2.08. The predicted molar refractivity (Wildman–Crippen MR) is 109 cm³/mol. The summed E-state index contributed by atoms with van der Waals surface area (Å²) < 4.78 is 5.10. The van der Waals surface area contributed by atoms with Gasteiger partial charge in [0.25, 0.3) is 0 Å². The second-order valence-electron chi connectivity index (χ2n) is 7.48. The first-order chi connectivity index (χ1) is 13.6. The van der Waals surface area contributed by atoms with Gasteiger partial charge in [0, 0.05) is 52.1 Å². The maximum Gasteiger partial charge on any atom is 0.321 e. The number of aryl methyl sites for hydroxylation is 1. The summed E-state index contributed by atoms with van der Waals surface area (Å²) >= 11 is 0. The average molecular weight is 389 g/mol. The van der Waals surface area contributed by atoms with E-state index in [-0.39, 0.29) is 18.0 Å². The third kappa shape index (κ3) is 5.02. The van der Waals surface area contributed by atoms with E-state index in [1.165, 1.54) is 5.56 Å². The molecule has 154 valence electrons. The molecule has 0 bridgehead atoms. The summed E-state index contributed by atoms with van der Waals surface area (Å²) in [7, 11) is 1.66. The maximum absolute atomic E-state index is 12.7. The van der Waals surface area contributed by atoms with Crippen LogP contribution in [0.5, 0.6) is 0 Å². The van der Waals surface area contributed by atoms with Crippen LogP contribution in [0, 0.1) is 0 Å². The average Bonchev–Trinajstić information content (AvgIpc) is 2.92. The number of hydrogen-bond donors (Lipinski definition) is 1. The lowest BCUT2D eigenvalue weighted by Crippen LogP contribution is -2.44. The van der Waals surface area contributed by atoms with Crippen LogP contribution in [0.3, 0.4) is 0 Å². The Kier molecular flexibility index (Phi) is 7.28. The predicted octanol–water partition coefficient (Wildman–Crippen LogP) is 2.04. The van der Waals surface area contributed by atoms with Crippen LogP contribution in [0.25, 0.3) is 0 Å². The summed E-state index contributed by atoms with van der Waals surface area (Å²) in [5.74, 6) is 0.200. The molecule has 0 aromatic heterocycles. The van der Waals surface area contributed by atoms with Crippen molar-refractivity contribution in [2.75, 3.05) is 58.3 Å². The minimum atomic E-state index is -0.0643. The summed E-state index contributed by atoms with van der Waals surface area (Å²) in [6.07, 6.45) is 2.72. The zero-order valence-corrected chi connectivity index (χ0v) is 17.0. The Morgan fingerprint density at radius 1 is 1.14 bits per heavy atom. The highest BCUT2D eigenvalue weighted by molar-refractivity contribution is 5.89. The standard InChI is InChI=1S/C21H32N4O3/c1-3-17-5-7-18(8-6-17)22-21(27)25-11-4-10-23(13-14-25)19-9-12-24(20(19)26)15-16-28-2/h5-8,19H,3-4,9-16H2,1-2H3,(H,22,27)/t19-/m1/s1. The molecule has 0 radical (unpaired) electrons. The van der Waals surface area contributed by atoms with Gasteiger partial charge in [0.2, 0.25) is 5.91 Å². The van der Waals surface area contributed by atoms with Gasteiger partial charge in [0.05, 0.1) is 12.6 Å². The van der Waals surface area contributed by atoms with Gasteiger partial charge in [-0.25, -0.2) is 4.79 Å². The number of methoxy groups -OCH3 is 1. The SMILES string of the molecule is CCc1ccc(NC(=O)N2CCCN([C@@H]3CCN(CCOC)C3=O)CC2)cc1. The van der Waals surface area contributed by atoms with E-state index >= 15 is 0 Å². The Balaban J connectivity index is 1.51. The van der Waals surface area contributed by atoms with Crippen molar-refractivity contribution in [1.29, 1.82) is 0 Å². The first-order valence-electron chi connectivity index (χ1n) is 10.3. The van der Waals surface area contributed by atoms with Gasteiger partial charge in [0.1, 0.15) is 0 Å². The van der Waals surface area contributed by atoms with Crippen LogP contribution in [-0.2, 0) is 16.0 Å². The number of carbonyl (C=O) groups excluding carboxylic acids is 2. The monoisotopic (exact) mass is 388 g/mol. The number of hydrogen-bond acceptors (Lipinski definition) is 4. The molecule has 2 saturated heterocycles. The van der Waals surface area contributed by atoms with Crippen LogP contribution in [-0.4, -0.2) is 85.7 Å². The van der Waals surface area contributed by atoms with Crippen LogP contribution >= 0.6 is 0 Å². The third-order valence-corrected chi connectivity index (χ3v) is 5.71. The molecule has 0 unspecified atom stereocenters. The molecule has 7 nitrogen and oxygen atoms in total. The molecule has 0 saturated carbocycles. The lowest BCUT2D eigenvalue weighted by molar-refractivity contribution is -0.132. The second kappa shape index (κ2) is 9.89. The number of anilines is 1. The molecular weight excluding hydrogens is 356 g/mol. The molecule has 1 atom stereocenters. The second-order valence-corrected chi connectivity index (χ2v) is 7.48. The number of benzene rings is 1. The van der Waals surface area contributed by atoms with Crippen LogP contribution in [0.15, 0.2) is 24.3 Å². The van der Waals surface area contributed by atoms with Gasteiger partial charge in [-0.15, -0.1) is 0 Å². The van der Waals surface area contributed by atoms with Gasteiger partial charge in [-0.3, -0.25) is 9.69 Å². The summed E-state index contributed by atoms with van der Waals surface area (Å²) in [4.78, 5) is 31.3. The topological polar surface area (TPSA) is 65.1 Å². The highest BCUT2D eigenvalue weighted by atomic mass is 16.5. The Bertz CT molecular complexity index is 664. The summed E-state index contributed by atoms with van der Waals surface area (Å²) in [5, 5.41) is 2.99. The number of carbonyl (C=O) groups is 2. The molecule has 0 aliphatic carbocycles. The van der Waals surface area contributed by atoms with Crippen LogP contribution in [0.4, 0.5) is 10.5 Å². The van der Waals surface area contributed by atoms with E-state index in [9.17, 15) is 9.59 Å². The van der Waals surface area contributed by atoms with Crippen molar-refractivity contribution < 1.29 is 14.3 Å². The molecule has 3 rings (SSSR count). The zero-order chi connectivity index (χ0) is 19.9. The quantitative estimate of drug-likeness (QED) is 0.810. The fourth-order valence-corrected chi connectivity index (χ4v) is 3.96. The summed E-state index contributed by atoms with van der Waals surface area (Å²) in [6, 6.07) is 7.87. The minimum absolute atomic E-state index is 0.0542. The number of ether oxygens (including phenoxy) is 1. The normalized spacial score (nSPS) is 21.1. The van der Waals surface area contributed by atoms with E-state index in [1.54, 1.807) is 7.11 Å². The van der Waals surface area contributed by atoms with E-state index in [0.717, 1.165) is 44.6 Å². The van der Waals surface area contributed by atoms with Gasteiger partial charge >= 0.3 is 6.03 Å². The van der Waals surface area contributed by atoms with Gasteiger partial charge < -0.3 is 19.9 Å². The van der Waals surface area contributed by atoms with E-state index in [0.29, 0.717) is 26.2 Å². The van der Waals surface area contributed by atoms with Gasteiger partial charge in [-0.1, -0.05) is 19.1 Å². The number of likely N-dealkylation sites (tertiary alicyclic amines) is 1. The molecule has 2 aliphatic rings. The molecule has 2 aliphatic heterocycles. The molecule has 2 fully saturated rings. The highest BCUT2D eigenvalue weighted by Crippen LogP contribution is 2.19. The Morgan fingerprint density at radius 3 is 2.64 bits per heavy atom. The molecular formula is C21H32N4O3. The van der Waals surface area contributed by atoms with E-state index in [4.69, 9.17) is 4.74 Å². The lowest BCUT2D eigenvalue weighted by Gasteiger charge is -2.26. The van der Waals surface area contributed by atoms with Crippen molar-refractivity contribution in [2.24, 2.45) is 0 Å². The number of amides is 3. The van der Waals surface area contributed by atoms with Crippen molar-refractivity contribution in [3.05, 3.63) is 29.8 Å². The molecule has 1 aromatic carbocycles. The largest absolute Gasteiger partial charge is 0.383 e. The fourth-order valence-electron chi connectivity index (χ4n) is 3.96. The molecule has 1 N–H and O–H groups in total. The van der Waals surface area contributed by atoms with E-state index in [1.807, 2.05) is 34.1 Å². The van der Waals surface area contributed by atoms with E-state index < -0.39 is 0 Å². The Labute approximate surface area is 167 Å². The first-order valence-corrected chi connectivity index (χ1v) is 10.3. The number of nitrogens with zero attached hydrogens (tertiary/aromatic N) is 3. The van der Waals surface area contributed by atoms with E-state index in [2.05, 4.69) is 17.1 Å². The molecule has 28 heavy (non-hydrogen) atoms. The van der Waals surface area contributed by atoms with Crippen molar-refractivity contribution in [1.82, 2.24) is 14.7 Å². The van der Waals surface area contributed by atoms with Gasteiger partial charge in [0.15, 0.2) is 0 Å². The van der Waals surface area contributed by atoms with Crippen LogP contribution in [0.1, 0.15) is 25.3 Å². The lowest BCUT2D eigenvalue weighted by atomic mass is 10.1. The fraction of sp³-hybridized carbons (Fsp3) is 0.619.